The average Bonchev–Trinajstić information content (AvgIpc) is 2.90. The Kier molecular flexibility index (Phi) is 2.84. The van der Waals surface area contributed by atoms with E-state index in [2.05, 4.69) is 11.9 Å². The van der Waals surface area contributed by atoms with Crippen LogP contribution in [0.25, 0.3) is 11.0 Å². The lowest BCUT2D eigenvalue weighted by molar-refractivity contribution is 0.387. The van der Waals surface area contributed by atoms with Crippen LogP contribution in [0.1, 0.15) is 32.2 Å². The fourth-order valence-corrected chi connectivity index (χ4v) is 3.07. The summed E-state index contributed by atoms with van der Waals surface area (Å²) in [5.74, 6) is 0.991. The molecule has 3 rings (SSSR count). The molecule has 4 nitrogen and oxygen atoms in total. The number of imidazole rings is 1. The number of hydrogen-bond donors (Lipinski definition) is 1. The first-order valence-corrected chi connectivity index (χ1v) is 6.61. The zero-order valence-electron chi connectivity index (χ0n) is 11.2. The summed E-state index contributed by atoms with van der Waals surface area (Å²) in [6.45, 7) is 2.25. The van der Waals surface area contributed by atoms with E-state index >= 15 is 0 Å². The fourth-order valence-electron chi connectivity index (χ4n) is 3.07. The van der Waals surface area contributed by atoms with Crippen molar-refractivity contribution in [3.8, 4) is 5.75 Å². The van der Waals surface area contributed by atoms with Gasteiger partial charge in [0.25, 0.3) is 0 Å². The van der Waals surface area contributed by atoms with Gasteiger partial charge in [0, 0.05) is 18.2 Å². The Labute approximate surface area is 111 Å². The largest absolute Gasteiger partial charge is 0.494 e. The molecule has 0 bridgehead atoms. The van der Waals surface area contributed by atoms with Crippen LogP contribution in [0.5, 0.6) is 5.75 Å². The van der Waals surface area contributed by atoms with Gasteiger partial charge in [-0.1, -0.05) is 6.92 Å². The first-order valence-electron chi connectivity index (χ1n) is 6.61. The highest BCUT2D eigenvalue weighted by Crippen LogP contribution is 2.38. The van der Waals surface area contributed by atoms with Gasteiger partial charge >= 0.3 is 0 Å². The molecule has 1 aromatic heterocycles. The van der Waals surface area contributed by atoms with Crippen LogP contribution in [0.15, 0.2) is 12.1 Å². The Bertz CT molecular complexity index is 623. The van der Waals surface area contributed by atoms with Gasteiger partial charge in [-0.15, -0.1) is 0 Å². The molecule has 0 saturated heterocycles. The van der Waals surface area contributed by atoms with E-state index in [0.29, 0.717) is 23.4 Å². The van der Waals surface area contributed by atoms with Crippen molar-refractivity contribution in [2.75, 3.05) is 12.8 Å². The van der Waals surface area contributed by atoms with Gasteiger partial charge in [0.1, 0.15) is 0 Å². The van der Waals surface area contributed by atoms with Gasteiger partial charge in [-0.05, 0) is 25.2 Å². The summed E-state index contributed by atoms with van der Waals surface area (Å²) in [5.41, 5.74) is 7.46. The number of anilines is 1. The lowest BCUT2D eigenvalue weighted by atomic mass is 10.1. The summed E-state index contributed by atoms with van der Waals surface area (Å²) in [7, 11) is 1.46. The SMILES string of the molecule is COc1cc2c(cc1F)nc(N)n2C1CCC(C)C1. The second-order valence-corrected chi connectivity index (χ2v) is 5.39. The van der Waals surface area contributed by atoms with Gasteiger partial charge in [0.15, 0.2) is 11.6 Å². The molecule has 102 valence electrons. The number of fused-ring (bicyclic) bond motifs is 1. The molecule has 2 N–H and O–H groups in total. The van der Waals surface area contributed by atoms with Crippen molar-refractivity contribution in [1.82, 2.24) is 9.55 Å². The van der Waals surface area contributed by atoms with Gasteiger partial charge in [-0.25, -0.2) is 9.37 Å². The van der Waals surface area contributed by atoms with Crippen LogP contribution < -0.4 is 10.5 Å². The second kappa shape index (κ2) is 4.40. The second-order valence-electron chi connectivity index (χ2n) is 5.39. The van der Waals surface area contributed by atoms with Crippen molar-refractivity contribution in [3.05, 3.63) is 17.9 Å². The first kappa shape index (κ1) is 12.3. The molecule has 19 heavy (non-hydrogen) atoms. The van der Waals surface area contributed by atoms with Crippen LogP contribution in [0.3, 0.4) is 0 Å². The van der Waals surface area contributed by atoms with Crippen molar-refractivity contribution in [2.45, 2.75) is 32.2 Å². The highest BCUT2D eigenvalue weighted by atomic mass is 19.1. The molecule has 0 aliphatic heterocycles. The summed E-state index contributed by atoms with van der Waals surface area (Å²) in [5, 5.41) is 0. The van der Waals surface area contributed by atoms with Gasteiger partial charge in [-0.2, -0.15) is 0 Å². The number of rotatable bonds is 2. The average molecular weight is 263 g/mol. The van der Waals surface area contributed by atoms with Crippen molar-refractivity contribution in [1.29, 1.82) is 0 Å². The lowest BCUT2D eigenvalue weighted by Crippen LogP contribution is -2.09. The third-order valence-electron chi connectivity index (χ3n) is 4.02. The summed E-state index contributed by atoms with van der Waals surface area (Å²) in [6, 6.07) is 3.44. The predicted octanol–water partition coefficient (Wildman–Crippen LogP) is 3.13. The Balaban J connectivity index is 2.15. The Morgan fingerprint density at radius 1 is 1.42 bits per heavy atom. The molecule has 2 unspecified atom stereocenters. The maximum absolute atomic E-state index is 13.7. The van der Waals surface area contributed by atoms with E-state index in [1.807, 2.05) is 4.57 Å². The van der Waals surface area contributed by atoms with Crippen molar-refractivity contribution >= 4 is 17.0 Å². The van der Waals surface area contributed by atoms with E-state index in [9.17, 15) is 4.39 Å². The monoisotopic (exact) mass is 263 g/mol. The zero-order chi connectivity index (χ0) is 13.6. The topological polar surface area (TPSA) is 53.1 Å². The Hall–Kier alpha value is -1.78. The summed E-state index contributed by atoms with van der Waals surface area (Å²) >= 11 is 0. The molecule has 1 heterocycles. The van der Waals surface area contributed by atoms with E-state index in [-0.39, 0.29) is 5.75 Å². The standard InChI is InChI=1S/C14H18FN3O/c1-8-3-4-9(5-8)18-12-7-13(19-2)10(15)6-11(12)17-14(18)16/h6-9H,3-5H2,1-2H3,(H2,16,17). The van der Waals surface area contributed by atoms with Gasteiger partial charge in [0.2, 0.25) is 5.95 Å². The molecule has 0 amide bonds. The van der Waals surface area contributed by atoms with Gasteiger partial charge < -0.3 is 15.0 Å². The quantitative estimate of drug-likeness (QED) is 0.905. The molecule has 1 aliphatic rings. The third kappa shape index (κ3) is 1.93. The maximum atomic E-state index is 13.7. The number of nitrogen functional groups attached to an aromatic ring is 1. The number of halogens is 1. The minimum Gasteiger partial charge on any atom is -0.494 e. The van der Waals surface area contributed by atoms with E-state index < -0.39 is 5.82 Å². The van der Waals surface area contributed by atoms with Crippen LogP contribution >= 0.6 is 0 Å². The van der Waals surface area contributed by atoms with Gasteiger partial charge in [-0.3, -0.25) is 0 Å². The first-order chi connectivity index (χ1) is 9.10. The van der Waals surface area contributed by atoms with Crippen LogP contribution in [0.2, 0.25) is 0 Å². The van der Waals surface area contributed by atoms with Crippen LogP contribution in [0, 0.1) is 11.7 Å². The number of nitrogens with two attached hydrogens (primary N) is 1. The molecule has 2 atom stereocenters. The Morgan fingerprint density at radius 3 is 2.84 bits per heavy atom. The van der Waals surface area contributed by atoms with E-state index in [4.69, 9.17) is 10.5 Å². The number of aromatic nitrogens is 2. The van der Waals surface area contributed by atoms with E-state index in [0.717, 1.165) is 18.4 Å². The fraction of sp³-hybridized carbons (Fsp3) is 0.500. The molecule has 0 spiro atoms. The molecular formula is C14H18FN3O. The van der Waals surface area contributed by atoms with Crippen molar-refractivity contribution < 1.29 is 9.13 Å². The number of nitrogens with zero attached hydrogens (tertiary/aromatic N) is 2. The third-order valence-corrected chi connectivity index (χ3v) is 4.02. The predicted molar refractivity (Wildman–Crippen MR) is 72.7 cm³/mol. The summed E-state index contributed by atoms with van der Waals surface area (Å²) in [6.07, 6.45) is 3.38. The van der Waals surface area contributed by atoms with Crippen molar-refractivity contribution in [2.24, 2.45) is 5.92 Å². The number of benzene rings is 1. The van der Waals surface area contributed by atoms with Crippen LogP contribution in [-0.2, 0) is 0 Å². The molecular weight excluding hydrogens is 245 g/mol. The van der Waals surface area contributed by atoms with Gasteiger partial charge in [0.05, 0.1) is 18.1 Å². The maximum Gasteiger partial charge on any atom is 0.201 e. The molecule has 1 saturated carbocycles. The van der Waals surface area contributed by atoms with E-state index in [1.165, 1.54) is 19.6 Å². The van der Waals surface area contributed by atoms with Crippen molar-refractivity contribution in [3.63, 3.8) is 0 Å². The number of methoxy groups -OCH3 is 1. The molecule has 1 aromatic carbocycles. The highest BCUT2D eigenvalue weighted by molar-refractivity contribution is 5.80. The minimum absolute atomic E-state index is 0.236. The number of ether oxygens (including phenoxy) is 1. The van der Waals surface area contributed by atoms with E-state index in [1.54, 1.807) is 6.07 Å². The molecule has 5 heteroatoms. The zero-order valence-corrected chi connectivity index (χ0v) is 11.2. The van der Waals surface area contributed by atoms with Crippen LogP contribution in [0.4, 0.5) is 10.3 Å². The Morgan fingerprint density at radius 2 is 2.21 bits per heavy atom. The normalized spacial score (nSPS) is 23.1. The molecule has 1 fully saturated rings. The highest BCUT2D eigenvalue weighted by Gasteiger charge is 2.26. The number of hydrogen-bond acceptors (Lipinski definition) is 3. The smallest absolute Gasteiger partial charge is 0.201 e. The lowest BCUT2D eigenvalue weighted by Gasteiger charge is -2.15. The van der Waals surface area contributed by atoms with Crippen LogP contribution in [-0.4, -0.2) is 16.7 Å². The minimum atomic E-state index is -0.403. The summed E-state index contributed by atoms with van der Waals surface area (Å²) < 4.78 is 20.8. The molecule has 1 aliphatic carbocycles. The summed E-state index contributed by atoms with van der Waals surface area (Å²) in [4.78, 5) is 4.26. The molecule has 0 radical (unpaired) electrons. The molecule has 2 aromatic rings.